The van der Waals surface area contributed by atoms with E-state index in [1.165, 1.54) is 51.4 Å². The zero-order valence-electron chi connectivity index (χ0n) is 13.2. The van der Waals surface area contributed by atoms with Crippen molar-refractivity contribution in [3.63, 3.8) is 0 Å². The highest BCUT2D eigenvalue weighted by Gasteiger charge is 2.33. The van der Waals surface area contributed by atoms with Crippen LogP contribution < -0.4 is 5.32 Å². The van der Waals surface area contributed by atoms with Gasteiger partial charge in [0.25, 0.3) is 0 Å². The summed E-state index contributed by atoms with van der Waals surface area (Å²) in [6.07, 6.45) is 12.0. The molecule has 1 heterocycles. The Kier molecular flexibility index (Phi) is 6.85. The second-order valence-corrected chi connectivity index (χ2v) is 6.63. The number of piperidine rings is 1. The average molecular weight is 280 g/mol. The van der Waals surface area contributed by atoms with Crippen LogP contribution in [0, 0.1) is 5.92 Å². The van der Waals surface area contributed by atoms with Crippen LogP contribution in [-0.2, 0) is 4.79 Å². The van der Waals surface area contributed by atoms with E-state index >= 15 is 0 Å². The van der Waals surface area contributed by atoms with Gasteiger partial charge in [0, 0.05) is 19.0 Å². The van der Waals surface area contributed by atoms with Crippen molar-refractivity contribution < 1.29 is 4.79 Å². The maximum atomic E-state index is 12.4. The van der Waals surface area contributed by atoms with Crippen molar-refractivity contribution >= 4 is 5.91 Å². The fourth-order valence-electron chi connectivity index (χ4n) is 3.21. The summed E-state index contributed by atoms with van der Waals surface area (Å²) in [6, 6.07) is 0.591. The number of nitrogens with one attached hydrogen (secondary N) is 1. The molecule has 1 N–H and O–H groups in total. The van der Waals surface area contributed by atoms with E-state index in [1.807, 2.05) is 0 Å². The molecule has 0 radical (unpaired) electrons. The third-order valence-electron chi connectivity index (χ3n) is 4.72. The lowest BCUT2D eigenvalue weighted by Crippen LogP contribution is -2.40. The molecule has 2 fully saturated rings. The molecule has 0 unspecified atom stereocenters. The molecule has 1 aliphatic carbocycles. The van der Waals surface area contributed by atoms with E-state index in [4.69, 9.17) is 0 Å². The fraction of sp³-hybridized carbons (Fsp3) is 0.941. The SMILES string of the molecule is CCCCCCCC(=O)N(CC1CCNCC1)C1CC1. The summed E-state index contributed by atoms with van der Waals surface area (Å²) in [7, 11) is 0. The monoisotopic (exact) mass is 280 g/mol. The van der Waals surface area contributed by atoms with Gasteiger partial charge in [0.1, 0.15) is 0 Å². The second-order valence-electron chi connectivity index (χ2n) is 6.63. The minimum Gasteiger partial charge on any atom is -0.339 e. The number of amides is 1. The highest BCUT2D eigenvalue weighted by atomic mass is 16.2. The average Bonchev–Trinajstić information content (AvgIpc) is 3.30. The number of carbonyl (C=O) groups is 1. The van der Waals surface area contributed by atoms with Crippen LogP contribution in [0.3, 0.4) is 0 Å². The van der Waals surface area contributed by atoms with E-state index in [2.05, 4.69) is 17.1 Å². The van der Waals surface area contributed by atoms with E-state index < -0.39 is 0 Å². The Morgan fingerprint density at radius 1 is 1.05 bits per heavy atom. The molecule has 0 spiro atoms. The van der Waals surface area contributed by atoms with Gasteiger partial charge in [-0.3, -0.25) is 4.79 Å². The number of hydrogen-bond acceptors (Lipinski definition) is 2. The van der Waals surface area contributed by atoms with Crippen molar-refractivity contribution in [3.8, 4) is 0 Å². The molecule has 1 aliphatic heterocycles. The summed E-state index contributed by atoms with van der Waals surface area (Å²) in [5, 5.41) is 3.41. The standard InChI is InChI=1S/C17H32N2O/c1-2-3-4-5-6-7-17(20)19(16-8-9-16)14-15-10-12-18-13-11-15/h15-16,18H,2-14H2,1H3. The molecule has 2 aliphatic rings. The Morgan fingerprint density at radius 2 is 1.75 bits per heavy atom. The molecule has 0 aromatic heterocycles. The Balaban J connectivity index is 1.68. The first-order chi connectivity index (χ1) is 9.81. The zero-order valence-corrected chi connectivity index (χ0v) is 13.2. The predicted octanol–water partition coefficient (Wildman–Crippen LogP) is 3.34. The largest absolute Gasteiger partial charge is 0.339 e. The fourth-order valence-corrected chi connectivity index (χ4v) is 3.21. The van der Waals surface area contributed by atoms with Crippen LogP contribution in [0.5, 0.6) is 0 Å². The Hall–Kier alpha value is -0.570. The highest BCUT2D eigenvalue weighted by molar-refractivity contribution is 5.76. The summed E-state index contributed by atoms with van der Waals surface area (Å²) in [6.45, 7) is 5.53. The van der Waals surface area contributed by atoms with Crippen molar-refractivity contribution in [3.05, 3.63) is 0 Å². The van der Waals surface area contributed by atoms with Crippen molar-refractivity contribution in [2.75, 3.05) is 19.6 Å². The lowest BCUT2D eigenvalue weighted by atomic mass is 9.97. The van der Waals surface area contributed by atoms with Gasteiger partial charge in [-0.1, -0.05) is 32.6 Å². The molecular weight excluding hydrogens is 248 g/mol. The quantitative estimate of drug-likeness (QED) is 0.657. The van der Waals surface area contributed by atoms with E-state index in [1.54, 1.807) is 0 Å². The van der Waals surface area contributed by atoms with Gasteiger partial charge in [0.05, 0.1) is 0 Å². The van der Waals surface area contributed by atoms with Gasteiger partial charge < -0.3 is 10.2 Å². The van der Waals surface area contributed by atoms with Crippen molar-refractivity contribution in [1.82, 2.24) is 10.2 Å². The lowest BCUT2D eigenvalue weighted by molar-refractivity contribution is -0.132. The summed E-state index contributed by atoms with van der Waals surface area (Å²) in [4.78, 5) is 14.7. The van der Waals surface area contributed by atoms with Gasteiger partial charge in [0.2, 0.25) is 5.91 Å². The number of carbonyl (C=O) groups excluding carboxylic acids is 1. The highest BCUT2D eigenvalue weighted by Crippen LogP contribution is 2.29. The van der Waals surface area contributed by atoms with E-state index in [-0.39, 0.29) is 0 Å². The first-order valence-electron chi connectivity index (χ1n) is 8.81. The Labute approximate surface area is 124 Å². The summed E-state index contributed by atoms with van der Waals surface area (Å²) in [5.41, 5.74) is 0. The summed E-state index contributed by atoms with van der Waals surface area (Å²) < 4.78 is 0. The molecule has 3 heteroatoms. The van der Waals surface area contributed by atoms with Gasteiger partial charge in [-0.15, -0.1) is 0 Å². The van der Waals surface area contributed by atoms with Gasteiger partial charge in [-0.05, 0) is 51.1 Å². The second kappa shape index (κ2) is 8.66. The number of hydrogen-bond donors (Lipinski definition) is 1. The van der Waals surface area contributed by atoms with Gasteiger partial charge in [-0.2, -0.15) is 0 Å². The van der Waals surface area contributed by atoms with Gasteiger partial charge >= 0.3 is 0 Å². The Bertz CT molecular complexity index is 283. The molecule has 20 heavy (non-hydrogen) atoms. The number of unbranched alkanes of at least 4 members (excludes halogenated alkanes) is 4. The third kappa shape index (κ3) is 5.43. The van der Waals surface area contributed by atoms with Crippen LogP contribution in [0.1, 0.15) is 71.1 Å². The predicted molar refractivity (Wildman–Crippen MR) is 83.7 cm³/mol. The Morgan fingerprint density at radius 3 is 2.40 bits per heavy atom. The number of nitrogens with zero attached hydrogens (tertiary/aromatic N) is 1. The molecular formula is C17H32N2O. The van der Waals surface area contributed by atoms with Crippen LogP contribution in [-0.4, -0.2) is 36.5 Å². The van der Waals surface area contributed by atoms with Crippen LogP contribution >= 0.6 is 0 Å². The van der Waals surface area contributed by atoms with E-state index in [0.717, 1.165) is 38.4 Å². The van der Waals surface area contributed by atoms with Crippen molar-refractivity contribution in [2.45, 2.75) is 77.2 Å². The van der Waals surface area contributed by atoms with Crippen LogP contribution in [0.15, 0.2) is 0 Å². The lowest BCUT2D eigenvalue weighted by Gasteiger charge is -2.30. The van der Waals surface area contributed by atoms with Crippen molar-refractivity contribution in [1.29, 1.82) is 0 Å². The van der Waals surface area contributed by atoms with Gasteiger partial charge in [0.15, 0.2) is 0 Å². The third-order valence-corrected chi connectivity index (χ3v) is 4.72. The minimum absolute atomic E-state index is 0.433. The molecule has 1 saturated carbocycles. The molecule has 0 atom stereocenters. The van der Waals surface area contributed by atoms with Gasteiger partial charge in [-0.25, -0.2) is 0 Å². The molecule has 0 bridgehead atoms. The number of rotatable bonds is 9. The topological polar surface area (TPSA) is 32.3 Å². The molecule has 0 aromatic rings. The van der Waals surface area contributed by atoms with Crippen LogP contribution in [0.2, 0.25) is 0 Å². The molecule has 2 rings (SSSR count). The minimum atomic E-state index is 0.433. The smallest absolute Gasteiger partial charge is 0.222 e. The molecule has 3 nitrogen and oxygen atoms in total. The maximum absolute atomic E-state index is 12.4. The molecule has 1 amide bonds. The van der Waals surface area contributed by atoms with Crippen LogP contribution in [0.25, 0.3) is 0 Å². The normalized spacial score (nSPS) is 20.1. The van der Waals surface area contributed by atoms with Crippen molar-refractivity contribution in [2.24, 2.45) is 5.92 Å². The first kappa shape index (κ1) is 15.8. The summed E-state index contributed by atoms with van der Waals surface area (Å²) in [5.74, 6) is 1.17. The molecule has 1 saturated heterocycles. The summed E-state index contributed by atoms with van der Waals surface area (Å²) >= 11 is 0. The van der Waals surface area contributed by atoms with E-state index in [0.29, 0.717) is 11.9 Å². The maximum Gasteiger partial charge on any atom is 0.222 e. The zero-order chi connectivity index (χ0) is 14.2. The van der Waals surface area contributed by atoms with Crippen LogP contribution in [0.4, 0.5) is 0 Å². The van der Waals surface area contributed by atoms with E-state index in [9.17, 15) is 4.79 Å². The molecule has 0 aromatic carbocycles. The first-order valence-corrected chi connectivity index (χ1v) is 8.81. The molecule has 116 valence electrons.